The number of rotatable bonds is 1. The highest BCUT2D eigenvalue weighted by atomic mass is 19.1. The average Bonchev–Trinajstić information content (AvgIpc) is 2.38. The summed E-state index contributed by atoms with van der Waals surface area (Å²) in [6.45, 7) is 6.41. The van der Waals surface area contributed by atoms with Gasteiger partial charge in [-0.3, -0.25) is 0 Å². The molecule has 1 aliphatic heterocycles. The van der Waals surface area contributed by atoms with Crippen molar-refractivity contribution in [1.82, 2.24) is 4.90 Å². The van der Waals surface area contributed by atoms with Gasteiger partial charge < -0.3 is 15.4 Å². The number of carbonyl (C=O) groups is 1. The number of amides is 1. The molecular weight excluding hydrogens is 271 g/mol. The van der Waals surface area contributed by atoms with Gasteiger partial charge in [-0.15, -0.1) is 0 Å². The Morgan fingerprint density at radius 2 is 2.05 bits per heavy atom. The number of hydrogen-bond acceptors (Lipinski definition) is 3. The first-order chi connectivity index (χ1) is 9.78. The second-order valence-corrected chi connectivity index (χ2v) is 6.51. The predicted octanol–water partition coefficient (Wildman–Crippen LogP) is 2.88. The van der Waals surface area contributed by atoms with E-state index in [9.17, 15) is 9.18 Å². The van der Waals surface area contributed by atoms with Gasteiger partial charge in [0.15, 0.2) is 0 Å². The van der Waals surface area contributed by atoms with Gasteiger partial charge in [0.2, 0.25) is 0 Å². The summed E-state index contributed by atoms with van der Waals surface area (Å²) in [7, 11) is 0. The molecule has 1 heterocycles. The summed E-state index contributed by atoms with van der Waals surface area (Å²) in [6.07, 6.45) is 0.272. The lowest BCUT2D eigenvalue weighted by Crippen LogP contribution is -2.49. The SMILES string of the molecule is CC(C)(C)OC(=O)N1CC[C@H](N)[C@H](c2ccccc2F)C1. The van der Waals surface area contributed by atoms with Crippen LogP contribution in [0.15, 0.2) is 24.3 Å². The van der Waals surface area contributed by atoms with Crippen LogP contribution in [0.1, 0.15) is 38.7 Å². The van der Waals surface area contributed by atoms with Gasteiger partial charge in [-0.2, -0.15) is 0 Å². The van der Waals surface area contributed by atoms with Crippen molar-refractivity contribution in [1.29, 1.82) is 0 Å². The number of nitrogens with zero attached hydrogens (tertiary/aromatic N) is 1. The van der Waals surface area contributed by atoms with E-state index in [1.165, 1.54) is 6.07 Å². The molecule has 2 atom stereocenters. The van der Waals surface area contributed by atoms with E-state index in [2.05, 4.69) is 0 Å². The third kappa shape index (κ3) is 3.94. The van der Waals surface area contributed by atoms with E-state index in [4.69, 9.17) is 10.5 Å². The Balaban J connectivity index is 2.13. The van der Waals surface area contributed by atoms with Gasteiger partial charge >= 0.3 is 6.09 Å². The fourth-order valence-electron chi connectivity index (χ4n) is 2.57. The Kier molecular flexibility index (Phi) is 4.52. The molecule has 1 aliphatic rings. The van der Waals surface area contributed by atoms with E-state index in [1.807, 2.05) is 20.8 Å². The maximum absolute atomic E-state index is 14.0. The molecule has 1 saturated heterocycles. The molecule has 1 amide bonds. The van der Waals surface area contributed by atoms with Crippen LogP contribution in [0.4, 0.5) is 9.18 Å². The number of halogens is 1. The lowest BCUT2D eigenvalue weighted by molar-refractivity contribution is 0.0185. The van der Waals surface area contributed by atoms with Crippen LogP contribution in [0.3, 0.4) is 0 Å². The molecule has 116 valence electrons. The summed E-state index contributed by atoms with van der Waals surface area (Å²) in [4.78, 5) is 13.8. The zero-order valence-corrected chi connectivity index (χ0v) is 12.8. The number of hydrogen-bond donors (Lipinski definition) is 1. The number of piperidine rings is 1. The summed E-state index contributed by atoms with van der Waals surface area (Å²) >= 11 is 0. The first-order valence-electron chi connectivity index (χ1n) is 7.26. The second-order valence-electron chi connectivity index (χ2n) is 6.51. The third-order valence-electron chi connectivity index (χ3n) is 3.62. The summed E-state index contributed by atoms with van der Waals surface area (Å²) in [6, 6.07) is 6.45. The van der Waals surface area contributed by atoms with Gasteiger partial charge in [-0.05, 0) is 38.8 Å². The number of ether oxygens (including phenoxy) is 1. The van der Waals surface area contributed by atoms with Gasteiger partial charge in [0.1, 0.15) is 11.4 Å². The third-order valence-corrected chi connectivity index (χ3v) is 3.62. The van der Waals surface area contributed by atoms with Crippen molar-refractivity contribution >= 4 is 6.09 Å². The van der Waals surface area contributed by atoms with Crippen molar-refractivity contribution in [3.05, 3.63) is 35.6 Å². The van der Waals surface area contributed by atoms with Crippen LogP contribution >= 0.6 is 0 Å². The van der Waals surface area contributed by atoms with Crippen LogP contribution < -0.4 is 5.73 Å². The van der Waals surface area contributed by atoms with Crippen LogP contribution in [0.2, 0.25) is 0 Å². The molecule has 0 radical (unpaired) electrons. The quantitative estimate of drug-likeness (QED) is 0.866. The predicted molar refractivity (Wildman–Crippen MR) is 79.5 cm³/mol. The van der Waals surface area contributed by atoms with Gasteiger partial charge in [-0.25, -0.2) is 9.18 Å². The summed E-state index contributed by atoms with van der Waals surface area (Å²) < 4.78 is 19.3. The molecule has 1 aromatic carbocycles. The second kappa shape index (κ2) is 6.02. The van der Waals surface area contributed by atoms with Gasteiger partial charge in [0.05, 0.1) is 0 Å². The van der Waals surface area contributed by atoms with Crippen molar-refractivity contribution in [2.45, 2.75) is 44.8 Å². The maximum atomic E-state index is 14.0. The minimum Gasteiger partial charge on any atom is -0.444 e. The summed E-state index contributed by atoms with van der Waals surface area (Å²) in [5.74, 6) is -0.476. The van der Waals surface area contributed by atoms with E-state index in [1.54, 1.807) is 23.1 Å². The van der Waals surface area contributed by atoms with Crippen molar-refractivity contribution in [3.63, 3.8) is 0 Å². The first-order valence-corrected chi connectivity index (χ1v) is 7.26. The standard InChI is InChI=1S/C16H23FN2O2/c1-16(2,3)21-15(20)19-9-8-14(18)12(10-19)11-6-4-5-7-13(11)17/h4-7,12,14H,8-10,18H2,1-3H3/t12-,14-/m0/s1. The molecule has 4 nitrogen and oxygen atoms in total. The van der Waals surface area contributed by atoms with E-state index < -0.39 is 5.60 Å². The molecule has 0 aliphatic carbocycles. The van der Waals surface area contributed by atoms with Gasteiger partial charge in [0, 0.05) is 25.0 Å². The lowest BCUT2D eigenvalue weighted by atomic mass is 9.86. The summed E-state index contributed by atoms with van der Waals surface area (Å²) in [5.41, 5.74) is 6.15. The van der Waals surface area contributed by atoms with E-state index in [-0.39, 0.29) is 23.9 Å². The Morgan fingerprint density at radius 3 is 2.67 bits per heavy atom. The van der Waals surface area contributed by atoms with Crippen molar-refractivity contribution in [3.8, 4) is 0 Å². The summed E-state index contributed by atoms with van der Waals surface area (Å²) in [5, 5.41) is 0. The smallest absolute Gasteiger partial charge is 0.410 e. The van der Waals surface area contributed by atoms with E-state index in [0.29, 0.717) is 25.1 Å². The molecule has 1 aromatic rings. The van der Waals surface area contributed by atoms with Crippen LogP contribution in [0.5, 0.6) is 0 Å². The molecule has 21 heavy (non-hydrogen) atoms. The van der Waals surface area contributed by atoms with Crippen LogP contribution in [0.25, 0.3) is 0 Å². The first kappa shape index (κ1) is 15.8. The number of benzene rings is 1. The molecular formula is C16H23FN2O2. The zero-order valence-electron chi connectivity index (χ0n) is 12.8. The highest BCUT2D eigenvalue weighted by molar-refractivity contribution is 5.68. The highest BCUT2D eigenvalue weighted by Gasteiger charge is 2.33. The molecule has 0 unspecified atom stereocenters. The molecule has 2 rings (SSSR count). The Bertz CT molecular complexity index is 513. The van der Waals surface area contributed by atoms with Crippen molar-refractivity contribution in [2.24, 2.45) is 5.73 Å². The molecule has 5 heteroatoms. The Labute approximate surface area is 125 Å². The molecule has 0 spiro atoms. The minimum atomic E-state index is -0.538. The monoisotopic (exact) mass is 294 g/mol. The molecule has 0 saturated carbocycles. The average molecular weight is 294 g/mol. The van der Waals surface area contributed by atoms with Crippen LogP contribution in [-0.4, -0.2) is 35.7 Å². The van der Waals surface area contributed by atoms with Gasteiger partial charge in [0.25, 0.3) is 0 Å². The normalized spacial score (nSPS) is 23.0. The zero-order chi connectivity index (χ0) is 15.6. The number of nitrogens with two attached hydrogens (primary N) is 1. The van der Waals surface area contributed by atoms with Crippen LogP contribution in [0, 0.1) is 5.82 Å². The number of carbonyl (C=O) groups excluding carboxylic acids is 1. The van der Waals surface area contributed by atoms with Crippen LogP contribution in [-0.2, 0) is 4.74 Å². The Hall–Kier alpha value is -1.62. The van der Waals surface area contributed by atoms with Crippen molar-refractivity contribution < 1.29 is 13.9 Å². The topological polar surface area (TPSA) is 55.6 Å². The largest absolute Gasteiger partial charge is 0.444 e. The Morgan fingerprint density at radius 1 is 1.38 bits per heavy atom. The fourth-order valence-corrected chi connectivity index (χ4v) is 2.57. The molecule has 1 fully saturated rings. The van der Waals surface area contributed by atoms with E-state index >= 15 is 0 Å². The van der Waals surface area contributed by atoms with Crippen molar-refractivity contribution in [2.75, 3.05) is 13.1 Å². The number of likely N-dealkylation sites (tertiary alicyclic amines) is 1. The molecule has 0 aromatic heterocycles. The molecule has 0 bridgehead atoms. The maximum Gasteiger partial charge on any atom is 0.410 e. The van der Waals surface area contributed by atoms with E-state index in [0.717, 1.165) is 0 Å². The minimum absolute atomic E-state index is 0.152. The van der Waals surface area contributed by atoms with Gasteiger partial charge in [-0.1, -0.05) is 18.2 Å². The highest BCUT2D eigenvalue weighted by Crippen LogP contribution is 2.28. The lowest BCUT2D eigenvalue weighted by Gasteiger charge is -2.37. The fraction of sp³-hybridized carbons (Fsp3) is 0.562. The molecule has 2 N–H and O–H groups in total.